The summed E-state index contributed by atoms with van der Waals surface area (Å²) < 4.78 is 13.0. The number of rotatable bonds is 2. The van der Waals surface area contributed by atoms with Gasteiger partial charge in [0, 0.05) is 0 Å². The van der Waals surface area contributed by atoms with E-state index in [2.05, 4.69) is 5.92 Å². The Balaban J connectivity index is 2.97. The number of hydrogen-bond donors (Lipinski definition) is 0. The number of hydrogen-bond acceptors (Lipinski definition) is 0. The third kappa shape index (κ3) is 2.60. The van der Waals surface area contributed by atoms with Gasteiger partial charge >= 0.3 is 0 Å². The molecule has 0 saturated heterocycles. The zero-order chi connectivity index (χ0) is 10.4. The molecule has 0 heterocycles. The summed E-state index contributed by atoms with van der Waals surface area (Å²) in [6.07, 6.45) is 12.7. The molecule has 0 atom stereocenters. The summed E-state index contributed by atoms with van der Waals surface area (Å²) in [7, 11) is 0. The van der Waals surface area contributed by atoms with E-state index in [-0.39, 0.29) is 5.82 Å². The zero-order valence-corrected chi connectivity index (χ0v) is 8.00. The molecule has 0 nitrogen and oxygen atoms in total. The lowest BCUT2D eigenvalue weighted by Crippen LogP contribution is -1.83. The second-order valence-electron chi connectivity index (χ2n) is 2.77. The van der Waals surface area contributed by atoms with Gasteiger partial charge < -0.3 is 0 Å². The molecule has 0 saturated carbocycles. The lowest BCUT2D eigenvalue weighted by atomic mass is 10.1. The molecule has 0 spiro atoms. The SMILES string of the molecule is C#Cc1cc(/C=C\C=C\C)ccc1F. The molecule has 0 radical (unpaired) electrons. The summed E-state index contributed by atoms with van der Waals surface area (Å²) in [5.74, 6) is 1.95. The molecule has 0 N–H and O–H groups in total. The Hall–Kier alpha value is -1.81. The first kappa shape index (κ1) is 10.3. The first-order valence-electron chi connectivity index (χ1n) is 4.33. The fourth-order valence-electron chi connectivity index (χ4n) is 1.03. The van der Waals surface area contributed by atoms with Crippen LogP contribution in [0.15, 0.2) is 36.4 Å². The maximum atomic E-state index is 13.0. The van der Waals surface area contributed by atoms with Crippen LogP contribution in [0.2, 0.25) is 0 Å². The molecule has 0 amide bonds. The maximum absolute atomic E-state index is 13.0. The molecule has 1 rings (SSSR count). The quantitative estimate of drug-likeness (QED) is 0.490. The van der Waals surface area contributed by atoms with E-state index in [0.717, 1.165) is 5.56 Å². The second kappa shape index (κ2) is 5.04. The number of allylic oxidation sites excluding steroid dienone is 3. The van der Waals surface area contributed by atoms with Crippen molar-refractivity contribution in [3.8, 4) is 12.3 Å². The summed E-state index contributed by atoms with van der Waals surface area (Å²) in [5, 5.41) is 0. The van der Waals surface area contributed by atoms with Gasteiger partial charge in [0.05, 0.1) is 5.56 Å². The molecule has 1 aromatic rings. The number of halogens is 1. The molecule has 0 aromatic heterocycles. The van der Waals surface area contributed by atoms with Gasteiger partial charge in [0.1, 0.15) is 5.82 Å². The van der Waals surface area contributed by atoms with E-state index in [1.54, 1.807) is 12.1 Å². The normalized spacial score (nSPS) is 10.9. The van der Waals surface area contributed by atoms with Crippen molar-refractivity contribution in [1.29, 1.82) is 0 Å². The van der Waals surface area contributed by atoms with Gasteiger partial charge in [0.2, 0.25) is 0 Å². The van der Waals surface area contributed by atoms with Crippen LogP contribution in [-0.2, 0) is 0 Å². The Morgan fingerprint density at radius 3 is 2.79 bits per heavy atom. The first-order valence-corrected chi connectivity index (χ1v) is 4.33. The Morgan fingerprint density at radius 1 is 1.36 bits per heavy atom. The summed E-state index contributed by atoms with van der Waals surface area (Å²) in [4.78, 5) is 0. The van der Waals surface area contributed by atoms with E-state index >= 15 is 0 Å². The van der Waals surface area contributed by atoms with E-state index in [4.69, 9.17) is 6.42 Å². The Kier molecular flexibility index (Phi) is 3.69. The van der Waals surface area contributed by atoms with Crippen molar-refractivity contribution >= 4 is 6.08 Å². The Morgan fingerprint density at radius 2 is 2.14 bits per heavy atom. The molecular weight excluding hydrogens is 175 g/mol. The topological polar surface area (TPSA) is 0 Å². The van der Waals surface area contributed by atoms with Gasteiger partial charge in [-0.3, -0.25) is 0 Å². The van der Waals surface area contributed by atoms with Crippen LogP contribution in [-0.4, -0.2) is 0 Å². The molecule has 1 heteroatoms. The number of terminal acetylenes is 1. The molecule has 14 heavy (non-hydrogen) atoms. The standard InChI is InChI=1S/C13H11F/c1-3-5-6-7-11-8-9-13(14)12(4-2)10-11/h2-3,5-10H,1H3/b5-3+,7-6-. The molecule has 0 aliphatic carbocycles. The van der Waals surface area contributed by atoms with Gasteiger partial charge in [-0.25, -0.2) is 4.39 Å². The van der Waals surface area contributed by atoms with Crippen molar-refractivity contribution in [3.05, 3.63) is 53.4 Å². The lowest BCUT2D eigenvalue weighted by molar-refractivity contribution is 0.624. The highest BCUT2D eigenvalue weighted by Crippen LogP contribution is 2.10. The third-order valence-electron chi connectivity index (χ3n) is 1.74. The van der Waals surface area contributed by atoms with Crippen LogP contribution in [0.1, 0.15) is 18.1 Å². The molecule has 0 unspecified atom stereocenters. The molecule has 70 valence electrons. The molecule has 1 aromatic carbocycles. The van der Waals surface area contributed by atoms with Crippen LogP contribution in [0, 0.1) is 18.2 Å². The van der Waals surface area contributed by atoms with Gasteiger partial charge in [-0.05, 0) is 24.6 Å². The lowest BCUT2D eigenvalue weighted by Gasteiger charge is -1.96. The molecule has 0 aliphatic heterocycles. The van der Waals surface area contributed by atoms with Gasteiger partial charge in [-0.1, -0.05) is 36.3 Å². The minimum absolute atomic E-state index is 0.299. The Labute approximate surface area is 83.8 Å². The minimum atomic E-state index is -0.351. The Bertz CT molecular complexity index is 406. The van der Waals surface area contributed by atoms with Crippen molar-refractivity contribution in [2.24, 2.45) is 0 Å². The summed E-state index contributed by atoms with van der Waals surface area (Å²) in [5.41, 5.74) is 1.20. The molecule has 0 fully saturated rings. The smallest absolute Gasteiger partial charge is 0.138 e. The van der Waals surface area contributed by atoms with Crippen molar-refractivity contribution in [3.63, 3.8) is 0 Å². The molecule has 0 aliphatic rings. The highest BCUT2D eigenvalue weighted by atomic mass is 19.1. The summed E-state index contributed by atoms with van der Waals surface area (Å²) in [6.45, 7) is 1.93. The summed E-state index contributed by atoms with van der Waals surface area (Å²) >= 11 is 0. The first-order chi connectivity index (χ1) is 6.77. The molecule has 0 bridgehead atoms. The van der Waals surface area contributed by atoms with Gasteiger partial charge in [0.25, 0.3) is 0 Å². The van der Waals surface area contributed by atoms with Crippen LogP contribution in [0.4, 0.5) is 4.39 Å². The maximum Gasteiger partial charge on any atom is 0.138 e. The van der Waals surface area contributed by atoms with Crippen molar-refractivity contribution in [2.75, 3.05) is 0 Å². The van der Waals surface area contributed by atoms with Crippen molar-refractivity contribution < 1.29 is 4.39 Å². The monoisotopic (exact) mass is 186 g/mol. The van der Waals surface area contributed by atoms with E-state index in [1.807, 2.05) is 31.2 Å². The van der Waals surface area contributed by atoms with Crippen LogP contribution < -0.4 is 0 Å². The average Bonchev–Trinajstić information content (AvgIpc) is 2.21. The fourth-order valence-corrected chi connectivity index (χ4v) is 1.03. The highest BCUT2D eigenvalue weighted by Gasteiger charge is 1.97. The van der Waals surface area contributed by atoms with Crippen molar-refractivity contribution in [1.82, 2.24) is 0 Å². The van der Waals surface area contributed by atoms with Crippen molar-refractivity contribution in [2.45, 2.75) is 6.92 Å². The fraction of sp³-hybridized carbons (Fsp3) is 0.0769. The van der Waals surface area contributed by atoms with E-state index in [9.17, 15) is 4.39 Å². The predicted octanol–water partition coefficient (Wildman–Crippen LogP) is 3.40. The van der Waals surface area contributed by atoms with E-state index in [0.29, 0.717) is 5.56 Å². The van der Waals surface area contributed by atoms with Crippen LogP contribution >= 0.6 is 0 Å². The predicted molar refractivity (Wildman–Crippen MR) is 58.2 cm³/mol. The van der Waals surface area contributed by atoms with Crippen LogP contribution in [0.25, 0.3) is 6.08 Å². The van der Waals surface area contributed by atoms with Crippen LogP contribution in [0.3, 0.4) is 0 Å². The highest BCUT2D eigenvalue weighted by molar-refractivity contribution is 5.54. The van der Waals surface area contributed by atoms with Gasteiger partial charge in [-0.2, -0.15) is 0 Å². The van der Waals surface area contributed by atoms with E-state index < -0.39 is 0 Å². The minimum Gasteiger partial charge on any atom is -0.206 e. The van der Waals surface area contributed by atoms with E-state index in [1.165, 1.54) is 6.07 Å². The van der Waals surface area contributed by atoms with Crippen LogP contribution in [0.5, 0.6) is 0 Å². The zero-order valence-electron chi connectivity index (χ0n) is 8.00. The summed E-state index contributed by atoms with van der Waals surface area (Å²) in [6, 6.07) is 4.72. The second-order valence-corrected chi connectivity index (χ2v) is 2.77. The number of benzene rings is 1. The van der Waals surface area contributed by atoms with Gasteiger partial charge in [0.15, 0.2) is 0 Å². The molecular formula is C13H11F. The largest absolute Gasteiger partial charge is 0.206 e. The third-order valence-corrected chi connectivity index (χ3v) is 1.74. The van der Waals surface area contributed by atoms with Gasteiger partial charge in [-0.15, -0.1) is 6.42 Å². The average molecular weight is 186 g/mol.